The Kier molecular flexibility index (Phi) is 5.69. The molecule has 3 heterocycles. The van der Waals surface area contributed by atoms with E-state index in [-0.39, 0.29) is 35.4 Å². The number of benzene rings is 1. The summed E-state index contributed by atoms with van der Waals surface area (Å²) < 4.78 is 12.1. The van der Waals surface area contributed by atoms with Crippen molar-refractivity contribution < 1.29 is 19.1 Å². The van der Waals surface area contributed by atoms with Gasteiger partial charge in [-0.3, -0.25) is 14.6 Å². The molecule has 1 aromatic carbocycles. The van der Waals surface area contributed by atoms with Crippen LogP contribution in [0.25, 0.3) is 0 Å². The molecule has 1 fully saturated rings. The summed E-state index contributed by atoms with van der Waals surface area (Å²) in [6.45, 7) is 7.15. The van der Waals surface area contributed by atoms with Gasteiger partial charge in [-0.05, 0) is 60.9 Å². The van der Waals surface area contributed by atoms with Crippen molar-refractivity contribution in [1.82, 2.24) is 9.88 Å². The summed E-state index contributed by atoms with van der Waals surface area (Å²) >= 11 is 0. The topological polar surface area (TPSA) is 68.7 Å². The minimum absolute atomic E-state index is 0.0634. The van der Waals surface area contributed by atoms with Crippen LogP contribution in [-0.4, -0.2) is 34.3 Å². The van der Waals surface area contributed by atoms with Crippen LogP contribution in [0.15, 0.2) is 60.1 Å². The maximum atomic E-state index is 13.9. The maximum absolute atomic E-state index is 13.9. The van der Waals surface area contributed by atoms with E-state index in [1.807, 2.05) is 43.3 Å². The van der Waals surface area contributed by atoms with Gasteiger partial charge in [0.1, 0.15) is 11.9 Å². The van der Waals surface area contributed by atoms with Gasteiger partial charge >= 0.3 is 0 Å². The molecule has 2 aliphatic heterocycles. The standard InChI is InChI=1S/C27H30N2O4/c1-4-32-20-9-5-8-19(13-20)23-22-24(30)21-12-16(2)11-17(3)25(21)33-26(22)27(31)29(23)15-18-7-6-10-28-14-18/h5-10,13-14,16-17,21,23,25H,4,11-12,15H2,1-3H3. The van der Waals surface area contributed by atoms with Gasteiger partial charge in [0, 0.05) is 18.9 Å². The molecule has 1 saturated carbocycles. The van der Waals surface area contributed by atoms with Gasteiger partial charge in [-0.1, -0.05) is 32.0 Å². The molecular weight excluding hydrogens is 416 g/mol. The third-order valence-electron chi connectivity index (χ3n) is 7.09. The fourth-order valence-electron chi connectivity index (χ4n) is 5.76. The molecule has 3 aliphatic rings. The molecule has 0 bridgehead atoms. The van der Waals surface area contributed by atoms with Crippen molar-refractivity contribution in [1.29, 1.82) is 0 Å². The van der Waals surface area contributed by atoms with Crippen molar-refractivity contribution >= 4 is 11.7 Å². The summed E-state index contributed by atoms with van der Waals surface area (Å²) in [5.41, 5.74) is 2.26. The second kappa shape index (κ2) is 8.65. The highest BCUT2D eigenvalue weighted by Crippen LogP contribution is 2.49. The summed E-state index contributed by atoms with van der Waals surface area (Å²) in [5, 5.41) is 0. The van der Waals surface area contributed by atoms with Crippen LogP contribution in [0, 0.1) is 17.8 Å². The molecule has 6 heteroatoms. The molecule has 1 aromatic heterocycles. The van der Waals surface area contributed by atoms with Crippen LogP contribution in [0.5, 0.6) is 5.75 Å². The van der Waals surface area contributed by atoms with E-state index < -0.39 is 6.04 Å². The Morgan fingerprint density at radius 3 is 2.76 bits per heavy atom. The van der Waals surface area contributed by atoms with E-state index in [0.717, 1.165) is 29.7 Å². The number of nitrogens with zero attached hydrogens (tertiary/aromatic N) is 2. The molecule has 0 saturated heterocycles. The zero-order valence-electron chi connectivity index (χ0n) is 19.4. The highest BCUT2D eigenvalue weighted by atomic mass is 16.5. The average Bonchev–Trinajstić information content (AvgIpc) is 3.08. The summed E-state index contributed by atoms with van der Waals surface area (Å²) in [6.07, 6.45) is 5.04. The second-order valence-electron chi connectivity index (χ2n) is 9.55. The van der Waals surface area contributed by atoms with E-state index >= 15 is 0 Å². The van der Waals surface area contributed by atoms with E-state index in [2.05, 4.69) is 18.8 Å². The summed E-state index contributed by atoms with van der Waals surface area (Å²) in [4.78, 5) is 33.5. The minimum Gasteiger partial charge on any atom is -0.494 e. The monoisotopic (exact) mass is 446 g/mol. The van der Waals surface area contributed by atoms with Crippen LogP contribution in [0.2, 0.25) is 0 Å². The third-order valence-corrected chi connectivity index (χ3v) is 7.09. The molecule has 2 aromatic rings. The van der Waals surface area contributed by atoms with Crippen LogP contribution < -0.4 is 4.74 Å². The van der Waals surface area contributed by atoms with E-state index in [1.54, 1.807) is 17.3 Å². The van der Waals surface area contributed by atoms with Crippen LogP contribution in [-0.2, 0) is 20.9 Å². The molecule has 5 rings (SSSR count). The first-order valence-corrected chi connectivity index (χ1v) is 11.9. The first-order chi connectivity index (χ1) is 16.0. The third kappa shape index (κ3) is 3.81. The lowest BCUT2D eigenvalue weighted by atomic mass is 9.70. The smallest absolute Gasteiger partial charge is 0.290 e. The van der Waals surface area contributed by atoms with Gasteiger partial charge in [0.15, 0.2) is 11.5 Å². The predicted octanol–water partition coefficient (Wildman–Crippen LogP) is 4.47. The number of carbonyl (C=O) groups is 2. The molecule has 6 nitrogen and oxygen atoms in total. The molecule has 1 aliphatic carbocycles. The van der Waals surface area contributed by atoms with E-state index in [4.69, 9.17) is 9.47 Å². The van der Waals surface area contributed by atoms with Gasteiger partial charge in [0.2, 0.25) is 0 Å². The fourth-order valence-corrected chi connectivity index (χ4v) is 5.76. The number of hydrogen-bond acceptors (Lipinski definition) is 5. The quantitative estimate of drug-likeness (QED) is 0.678. The van der Waals surface area contributed by atoms with E-state index in [1.165, 1.54) is 0 Å². The number of fused-ring (bicyclic) bond motifs is 1. The van der Waals surface area contributed by atoms with Crippen LogP contribution in [0.1, 0.15) is 50.8 Å². The van der Waals surface area contributed by atoms with Gasteiger partial charge in [-0.25, -0.2) is 0 Å². The number of pyridine rings is 1. The van der Waals surface area contributed by atoms with Crippen LogP contribution in [0.3, 0.4) is 0 Å². The zero-order chi connectivity index (χ0) is 23.1. The molecule has 172 valence electrons. The van der Waals surface area contributed by atoms with Gasteiger partial charge in [0.25, 0.3) is 5.91 Å². The second-order valence-corrected chi connectivity index (χ2v) is 9.55. The summed E-state index contributed by atoms with van der Waals surface area (Å²) in [7, 11) is 0. The number of ketones is 1. The Morgan fingerprint density at radius 2 is 2.00 bits per heavy atom. The summed E-state index contributed by atoms with van der Waals surface area (Å²) in [5.74, 6) is 1.28. The maximum Gasteiger partial charge on any atom is 0.290 e. The van der Waals surface area contributed by atoms with E-state index in [9.17, 15) is 9.59 Å². The first-order valence-electron chi connectivity index (χ1n) is 11.9. The number of ether oxygens (including phenoxy) is 2. The highest BCUT2D eigenvalue weighted by molar-refractivity contribution is 6.11. The molecule has 5 unspecified atom stereocenters. The van der Waals surface area contributed by atoms with Crippen LogP contribution >= 0.6 is 0 Å². The van der Waals surface area contributed by atoms with Crippen molar-refractivity contribution in [3.8, 4) is 5.75 Å². The predicted molar refractivity (Wildman–Crippen MR) is 123 cm³/mol. The largest absolute Gasteiger partial charge is 0.494 e. The molecule has 1 amide bonds. The molecule has 5 atom stereocenters. The molecular formula is C27H30N2O4. The Labute approximate surface area is 194 Å². The van der Waals surface area contributed by atoms with Crippen molar-refractivity contribution in [2.24, 2.45) is 17.8 Å². The first kappa shape index (κ1) is 21.7. The van der Waals surface area contributed by atoms with Crippen molar-refractivity contribution in [3.63, 3.8) is 0 Å². The number of carbonyl (C=O) groups excluding carboxylic acids is 2. The van der Waals surface area contributed by atoms with Gasteiger partial charge in [0.05, 0.1) is 24.1 Å². The normalized spacial score (nSPS) is 28.9. The van der Waals surface area contributed by atoms with E-state index in [0.29, 0.717) is 24.6 Å². The van der Waals surface area contributed by atoms with Crippen molar-refractivity contribution in [3.05, 3.63) is 71.3 Å². The molecule has 0 N–H and O–H groups in total. The van der Waals surface area contributed by atoms with Crippen molar-refractivity contribution in [2.75, 3.05) is 6.61 Å². The van der Waals surface area contributed by atoms with Gasteiger partial charge in [-0.2, -0.15) is 0 Å². The lowest BCUT2D eigenvalue weighted by Crippen LogP contribution is -2.45. The molecule has 0 spiro atoms. The Bertz CT molecular complexity index is 1100. The zero-order valence-corrected chi connectivity index (χ0v) is 19.4. The average molecular weight is 447 g/mol. The molecule has 0 radical (unpaired) electrons. The Morgan fingerprint density at radius 1 is 1.15 bits per heavy atom. The SMILES string of the molecule is CCOc1cccc(C2C3=C(OC4C(C)CC(C)CC4C3=O)C(=O)N2Cc2cccnc2)c1. The van der Waals surface area contributed by atoms with Crippen LogP contribution in [0.4, 0.5) is 0 Å². The number of Topliss-reactive ketones (excluding diaryl/α,β-unsaturated/α-hetero) is 1. The summed E-state index contributed by atoms with van der Waals surface area (Å²) in [6, 6.07) is 11.0. The van der Waals surface area contributed by atoms with Gasteiger partial charge in [-0.15, -0.1) is 0 Å². The lowest BCUT2D eigenvalue weighted by molar-refractivity contribution is -0.139. The highest BCUT2D eigenvalue weighted by Gasteiger charge is 2.53. The minimum atomic E-state index is -0.505. The lowest BCUT2D eigenvalue weighted by Gasteiger charge is -2.41. The number of hydrogen-bond donors (Lipinski definition) is 0. The fraction of sp³-hybridized carbons (Fsp3) is 0.444. The molecule has 33 heavy (non-hydrogen) atoms. The number of aromatic nitrogens is 1. The van der Waals surface area contributed by atoms with Crippen molar-refractivity contribution in [2.45, 2.75) is 52.3 Å². The van der Waals surface area contributed by atoms with Gasteiger partial charge < -0.3 is 14.4 Å². The number of rotatable bonds is 5. The Balaban J connectivity index is 1.59. The number of amides is 1. The Hall–Kier alpha value is -3.15.